The summed E-state index contributed by atoms with van der Waals surface area (Å²) in [6, 6.07) is 4.90. The van der Waals surface area contributed by atoms with Gasteiger partial charge in [-0.1, -0.05) is 12.1 Å². The summed E-state index contributed by atoms with van der Waals surface area (Å²) in [7, 11) is 0. The fourth-order valence-electron chi connectivity index (χ4n) is 2.92. The quantitative estimate of drug-likeness (QED) is 0.944. The van der Waals surface area contributed by atoms with E-state index in [4.69, 9.17) is 9.52 Å². The Morgan fingerprint density at radius 1 is 1.39 bits per heavy atom. The molecule has 1 aliphatic rings. The molecule has 0 aliphatic carbocycles. The lowest BCUT2D eigenvalue weighted by atomic mass is 9.98. The van der Waals surface area contributed by atoms with Crippen LogP contribution in [0.25, 0.3) is 0 Å². The molecule has 120 valence electrons. The highest BCUT2D eigenvalue weighted by atomic mass is 19.1. The van der Waals surface area contributed by atoms with Crippen molar-refractivity contribution in [2.45, 2.75) is 26.3 Å². The first-order valence-corrected chi connectivity index (χ1v) is 7.31. The summed E-state index contributed by atoms with van der Waals surface area (Å²) in [5.74, 6) is -1.57. The Labute approximate surface area is 132 Å². The Kier molecular flexibility index (Phi) is 3.90. The topological polar surface area (TPSA) is 70.7 Å². The second kappa shape index (κ2) is 5.87. The number of nitrogens with zero attached hydrogens (tertiary/aromatic N) is 1. The van der Waals surface area contributed by atoms with Crippen LogP contribution in [-0.4, -0.2) is 28.4 Å². The third kappa shape index (κ3) is 2.84. The van der Waals surface area contributed by atoms with Gasteiger partial charge in [-0.05, 0) is 25.0 Å². The fourth-order valence-corrected chi connectivity index (χ4v) is 2.92. The van der Waals surface area contributed by atoms with Gasteiger partial charge >= 0.3 is 5.97 Å². The molecule has 0 radical (unpaired) electrons. The van der Waals surface area contributed by atoms with Gasteiger partial charge in [-0.15, -0.1) is 0 Å². The Morgan fingerprint density at radius 2 is 2.17 bits per heavy atom. The molecule has 0 atom stereocenters. The van der Waals surface area contributed by atoms with Crippen LogP contribution in [0.4, 0.5) is 4.39 Å². The van der Waals surface area contributed by atoms with Crippen molar-refractivity contribution in [3.05, 3.63) is 58.3 Å². The molecule has 0 saturated carbocycles. The number of amides is 1. The highest BCUT2D eigenvalue weighted by Crippen LogP contribution is 2.26. The molecule has 0 bridgehead atoms. The van der Waals surface area contributed by atoms with Crippen LogP contribution in [0.3, 0.4) is 0 Å². The summed E-state index contributed by atoms with van der Waals surface area (Å²) in [5, 5.41) is 8.92. The standard InChI is InChI=1S/C17H16FNO4/c1-10-9-23-14(7-15(20)21)16(10)17(22)19-6-5-11-3-2-4-13(18)12(11)8-19/h2-4,9H,5-8H2,1H3,(H,20,21). The number of carboxylic acids is 1. The van der Waals surface area contributed by atoms with E-state index >= 15 is 0 Å². The highest BCUT2D eigenvalue weighted by Gasteiger charge is 2.28. The molecule has 1 aromatic carbocycles. The lowest BCUT2D eigenvalue weighted by Gasteiger charge is -2.29. The minimum Gasteiger partial charge on any atom is -0.481 e. The lowest BCUT2D eigenvalue weighted by Crippen LogP contribution is -2.37. The normalized spacial score (nSPS) is 13.7. The monoisotopic (exact) mass is 317 g/mol. The molecular weight excluding hydrogens is 301 g/mol. The number of aryl methyl sites for hydroxylation is 1. The van der Waals surface area contributed by atoms with E-state index in [1.807, 2.05) is 6.07 Å². The average Bonchev–Trinajstić information content (AvgIpc) is 2.86. The fraction of sp³-hybridized carbons (Fsp3) is 0.294. The maximum absolute atomic E-state index is 13.9. The zero-order valence-electron chi connectivity index (χ0n) is 12.6. The third-order valence-corrected chi connectivity index (χ3v) is 4.08. The molecule has 1 aromatic heterocycles. The van der Waals surface area contributed by atoms with Crippen molar-refractivity contribution in [2.24, 2.45) is 0 Å². The number of hydrogen-bond donors (Lipinski definition) is 1. The Balaban J connectivity index is 1.89. The number of furan rings is 1. The number of carboxylic acid groups (broad SMARTS) is 1. The summed E-state index contributed by atoms with van der Waals surface area (Å²) < 4.78 is 19.2. The van der Waals surface area contributed by atoms with E-state index in [2.05, 4.69) is 0 Å². The Bertz CT molecular complexity index is 781. The van der Waals surface area contributed by atoms with Crippen molar-refractivity contribution < 1.29 is 23.5 Å². The van der Waals surface area contributed by atoms with Crippen LogP contribution in [0.2, 0.25) is 0 Å². The highest BCUT2D eigenvalue weighted by molar-refractivity contribution is 5.97. The minimum absolute atomic E-state index is 0.138. The van der Waals surface area contributed by atoms with E-state index < -0.39 is 5.97 Å². The number of halogens is 1. The zero-order chi connectivity index (χ0) is 16.6. The van der Waals surface area contributed by atoms with Gasteiger partial charge in [0.05, 0.1) is 11.8 Å². The van der Waals surface area contributed by atoms with Gasteiger partial charge in [0.15, 0.2) is 0 Å². The number of rotatable bonds is 3. The van der Waals surface area contributed by atoms with Crippen molar-refractivity contribution in [3.8, 4) is 0 Å². The van der Waals surface area contributed by atoms with Crippen molar-refractivity contribution in [2.75, 3.05) is 6.54 Å². The van der Waals surface area contributed by atoms with Gasteiger partial charge in [0.1, 0.15) is 18.0 Å². The molecule has 6 heteroatoms. The van der Waals surface area contributed by atoms with Crippen molar-refractivity contribution in [3.63, 3.8) is 0 Å². The van der Waals surface area contributed by atoms with E-state index in [1.54, 1.807) is 13.0 Å². The van der Waals surface area contributed by atoms with Crippen LogP contribution in [0, 0.1) is 12.7 Å². The van der Waals surface area contributed by atoms with Crippen LogP contribution < -0.4 is 0 Å². The first kappa shape index (κ1) is 15.3. The van der Waals surface area contributed by atoms with E-state index in [-0.39, 0.29) is 36.0 Å². The molecule has 5 nitrogen and oxygen atoms in total. The van der Waals surface area contributed by atoms with Crippen LogP contribution in [0.1, 0.15) is 32.8 Å². The Hall–Kier alpha value is -2.63. The van der Waals surface area contributed by atoms with Crippen LogP contribution in [0.5, 0.6) is 0 Å². The van der Waals surface area contributed by atoms with Crippen molar-refractivity contribution in [1.82, 2.24) is 4.90 Å². The largest absolute Gasteiger partial charge is 0.481 e. The van der Waals surface area contributed by atoms with Gasteiger partial charge in [0.25, 0.3) is 5.91 Å². The molecular formula is C17H16FNO4. The summed E-state index contributed by atoms with van der Waals surface area (Å²) in [6.07, 6.45) is 1.60. The van der Waals surface area contributed by atoms with E-state index in [0.717, 1.165) is 5.56 Å². The van der Waals surface area contributed by atoms with Gasteiger partial charge in [-0.2, -0.15) is 0 Å². The SMILES string of the molecule is Cc1coc(CC(=O)O)c1C(=O)N1CCc2cccc(F)c2C1. The molecule has 0 fully saturated rings. The molecule has 0 saturated heterocycles. The average molecular weight is 317 g/mol. The molecule has 1 amide bonds. The molecule has 3 rings (SSSR count). The molecule has 23 heavy (non-hydrogen) atoms. The first-order valence-electron chi connectivity index (χ1n) is 7.31. The zero-order valence-corrected chi connectivity index (χ0v) is 12.6. The summed E-state index contributed by atoms with van der Waals surface area (Å²) in [6.45, 7) is 2.34. The molecule has 2 heterocycles. The van der Waals surface area contributed by atoms with Gasteiger partial charge in [0, 0.05) is 24.2 Å². The molecule has 0 unspecified atom stereocenters. The Morgan fingerprint density at radius 3 is 2.91 bits per heavy atom. The number of hydrogen-bond acceptors (Lipinski definition) is 3. The van der Waals surface area contributed by atoms with E-state index in [9.17, 15) is 14.0 Å². The van der Waals surface area contributed by atoms with Gasteiger partial charge in [-0.25, -0.2) is 4.39 Å². The summed E-state index contributed by atoms with van der Waals surface area (Å²) >= 11 is 0. The van der Waals surface area contributed by atoms with Crippen LogP contribution in [-0.2, 0) is 24.2 Å². The number of carbonyl (C=O) groups is 2. The van der Waals surface area contributed by atoms with E-state index in [1.165, 1.54) is 17.2 Å². The number of fused-ring (bicyclic) bond motifs is 1. The van der Waals surface area contributed by atoms with Gasteiger partial charge in [-0.3, -0.25) is 9.59 Å². The third-order valence-electron chi connectivity index (χ3n) is 4.08. The second-order valence-corrected chi connectivity index (χ2v) is 5.64. The summed E-state index contributed by atoms with van der Waals surface area (Å²) in [4.78, 5) is 25.2. The minimum atomic E-state index is -1.07. The number of carbonyl (C=O) groups excluding carboxylic acids is 1. The lowest BCUT2D eigenvalue weighted by molar-refractivity contribution is -0.136. The predicted octanol–water partition coefficient (Wildman–Crippen LogP) is 2.55. The number of aliphatic carboxylic acids is 1. The van der Waals surface area contributed by atoms with Crippen LogP contribution >= 0.6 is 0 Å². The first-order chi connectivity index (χ1) is 11.0. The second-order valence-electron chi connectivity index (χ2n) is 5.64. The van der Waals surface area contributed by atoms with Crippen LogP contribution in [0.15, 0.2) is 28.9 Å². The smallest absolute Gasteiger partial charge is 0.311 e. The van der Waals surface area contributed by atoms with Gasteiger partial charge < -0.3 is 14.4 Å². The molecule has 0 spiro atoms. The predicted molar refractivity (Wildman–Crippen MR) is 79.6 cm³/mol. The molecule has 2 aromatic rings. The van der Waals surface area contributed by atoms with E-state index in [0.29, 0.717) is 24.1 Å². The summed E-state index contributed by atoms with van der Waals surface area (Å²) in [5.41, 5.74) is 2.29. The van der Waals surface area contributed by atoms with Gasteiger partial charge in [0.2, 0.25) is 0 Å². The number of benzene rings is 1. The van der Waals surface area contributed by atoms with Crippen molar-refractivity contribution in [1.29, 1.82) is 0 Å². The maximum atomic E-state index is 13.9. The van der Waals surface area contributed by atoms with Crippen molar-refractivity contribution >= 4 is 11.9 Å². The molecule has 1 N–H and O–H groups in total. The maximum Gasteiger partial charge on any atom is 0.311 e. The molecule has 1 aliphatic heterocycles.